The van der Waals surface area contributed by atoms with Gasteiger partial charge in [-0.1, -0.05) is 0 Å². The van der Waals surface area contributed by atoms with Crippen molar-refractivity contribution in [3.8, 4) is 0 Å². The number of hydrogen-bond donors (Lipinski definition) is 0. The molecule has 1 rings (SSSR count). The van der Waals surface area contributed by atoms with E-state index in [4.69, 9.17) is 0 Å². The van der Waals surface area contributed by atoms with Crippen LogP contribution in [0.4, 0.5) is 0 Å². The van der Waals surface area contributed by atoms with E-state index in [0.717, 1.165) is 5.56 Å². The summed E-state index contributed by atoms with van der Waals surface area (Å²) in [7, 11) is 0. The van der Waals surface area contributed by atoms with Crippen molar-refractivity contribution in [2.75, 3.05) is 0 Å². The molecule has 0 spiro atoms. The Kier molecular flexibility index (Phi) is 3.78. The Morgan fingerprint density at radius 3 is 2.58 bits per heavy atom. The van der Waals surface area contributed by atoms with Crippen molar-refractivity contribution >= 4 is 25.7 Å². The zero-order chi connectivity index (χ0) is 8.81. The Labute approximate surface area is 78.6 Å². The molecule has 2 heteroatoms. The van der Waals surface area contributed by atoms with E-state index in [1.807, 2.05) is 42.2 Å². The van der Waals surface area contributed by atoms with Crippen molar-refractivity contribution in [2.45, 2.75) is 5.82 Å². The van der Waals surface area contributed by atoms with Crippen molar-refractivity contribution in [2.24, 2.45) is 0 Å². The van der Waals surface area contributed by atoms with Crippen LogP contribution in [0.25, 0.3) is 6.08 Å². The Bertz CT molecular complexity index is 277. The van der Waals surface area contributed by atoms with Gasteiger partial charge in [-0.2, -0.15) is 0 Å². The van der Waals surface area contributed by atoms with Gasteiger partial charge in [-0.15, -0.1) is 0 Å². The van der Waals surface area contributed by atoms with Crippen LogP contribution in [0.3, 0.4) is 0 Å². The van der Waals surface area contributed by atoms with Gasteiger partial charge in [0.25, 0.3) is 0 Å². The molecule has 0 atom stereocenters. The fraction of sp³-hybridized carbons (Fsp3) is 0.100. The van der Waals surface area contributed by atoms with Crippen molar-refractivity contribution in [1.29, 1.82) is 0 Å². The van der Waals surface area contributed by atoms with E-state index >= 15 is 0 Å². The van der Waals surface area contributed by atoms with Gasteiger partial charge in [0.2, 0.25) is 0 Å². The Hall–Kier alpha value is -0.851. The summed E-state index contributed by atoms with van der Waals surface area (Å²) < 4.78 is 0.228. The predicted octanol–water partition coefficient (Wildman–Crippen LogP) is 1.98. The molecule has 0 aliphatic carbocycles. The van der Waals surface area contributed by atoms with Crippen LogP contribution in [-0.2, 0) is 4.79 Å². The average molecular weight is 225 g/mol. The zero-order valence-electron chi connectivity index (χ0n) is 6.86. The van der Waals surface area contributed by atoms with Gasteiger partial charge in [0.1, 0.15) is 0 Å². The van der Waals surface area contributed by atoms with Crippen LogP contribution in [0.5, 0.6) is 0 Å². The molecule has 0 N–H and O–H groups in total. The number of carbonyl (C=O) groups is 1. The first-order valence-electron chi connectivity index (χ1n) is 3.64. The van der Waals surface area contributed by atoms with E-state index in [2.05, 4.69) is 0 Å². The zero-order valence-corrected chi connectivity index (χ0v) is 8.57. The fourth-order valence-corrected chi connectivity index (χ4v) is 1.22. The molecule has 0 heterocycles. The predicted molar refractivity (Wildman–Crippen MR) is 52.1 cm³/mol. The molecule has 62 valence electrons. The van der Waals surface area contributed by atoms with Gasteiger partial charge in [-0.25, -0.2) is 0 Å². The van der Waals surface area contributed by atoms with Gasteiger partial charge in [-0.3, -0.25) is 0 Å². The normalized spacial score (nSPS) is 10.4. The second kappa shape index (κ2) is 4.91. The van der Waals surface area contributed by atoms with E-state index in [1.165, 1.54) is 0 Å². The van der Waals surface area contributed by atoms with Crippen molar-refractivity contribution < 1.29 is 4.79 Å². The maximum absolute atomic E-state index is 10.9. The quantitative estimate of drug-likeness (QED) is 0.567. The molecular weight excluding hydrogens is 215 g/mol. The summed E-state index contributed by atoms with van der Waals surface area (Å²) >= 11 is 0.0886. The van der Waals surface area contributed by atoms with Crippen LogP contribution in [0, 0.1) is 0 Å². The Morgan fingerprint density at radius 2 is 2.00 bits per heavy atom. The fourth-order valence-electron chi connectivity index (χ4n) is 0.796. The molecule has 1 aromatic rings. The molecule has 1 nitrogen and oxygen atoms in total. The average Bonchev–Trinajstić information content (AvgIpc) is 2.16. The molecule has 0 fully saturated rings. The summed E-state index contributed by atoms with van der Waals surface area (Å²) in [5.41, 5.74) is 1.08. The number of benzene rings is 1. The number of rotatable bonds is 3. The van der Waals surface area contributed by atoms with Gasteiger partial charge in [0, 0.05) is 0 Å². The van der Waals surface area contributed by atoms with Crippen molar-refractivity contribution in [3.63, 3.8) is 0 Å². The summed E-state index contributed by atoms with van der Waals surface area (Å²) in [6.07, 6.45) is 3.50. The first-order chi connectivity index (χ1) is 5.83. The van der Waals surface area contributed by atoms with Crippen LogP contribution in [0.2, 0.25) is 5.82 Å². The minimum atomic E-state index is 0.0886. The molecule has 0 amide bonds. The second-order valence-electron chi connectivity index (χ2n) is 2.27. The topological polar surface area (TPSA) is 17.1 Å². The SMILES string of the molecule is C[Se]C(=O)/C=C/c1ccccc1. The van der Waals surface area contributed by atoms with E-state index in [9.17, 15) is 4.79 Å². The van der Waals surface area contributed by atoms with Crippen LogP contribution >= 0.6 is 0 Å². The van der Waals surface area contributed by atoms with Crippen LogP contribution in [0.1, 0.15) is 5.56 Å². The summed E-state index contributed by atoms with van der Waals surface area (Å²) in [5, 5.41) is 0. The third-order valence-corrected chi connectivity index (χ3v) is 2.54. The molecular formula is C10H10OSe. The van der Waals surface area contributed by atoms with Gasteiger partial charge in [0.15, 0.2) is 0 Å². The number of hydrogen-bond acceptors (Lipinski definition) is 1. The van der Waals surface area contributed by atoms with E-state index in [0.29, 0.717) is 0 Å². The van der Waals surface area contributed by atoms with E-state index in [-0.39, 0.29) is 19.6 Å². The van der Waals surface area contributed by atoms with Gasteiger partial charge in [-0.05, 0) is 0 Å². The molecule has 12 heavy (non-hydrogen) atoms. The third kappa shape index (κ3) is 3.04. The summed E-state index contributed by atoms with van der Waals surface area (Å²) in [6, 6.07) is 9.84. The molecule has 0 aliphatic heterocycles. The molecule has 1 aromatic carbocycles. The van der Waals surface area contributed by atoms with Crippen LogP contribution in [0.15, 0.2) is 36.4 Å². The minimum absolute atomic E-state index is 0.0886. The summed E-state index contributed by atoms with van der Waals surface area (Å²) in [6.45, 7) is 0. The molecule has 0 aliphatic rings. The van der Waals surface area contributed by atoms with Gasteiger partial charge >= 0.3 is 78.3 Å². The van der Waals surface area contributed by atoms with E-state index < -0.39 is 0 Å². The van der Waals surface area contributed by atoms with Crippen molar-refractivity contribution in [3.05, 3.63) is 42.0 Å². The number of allylic oxidation sites excluding steroid dienone is 1. The monoisotopic (exact) mass is 226 g/mol. The third-order valence-electron chi connectivity index (χ3n) is 1.41. The van der Waals surface area contributed by atoms with Crippen molar-refractivity contribution in [1.82, 2.24) is 0 Å². The molecule has 0 bridgehead atoms. The molecule has 0 saturated heterocycles. The molecule has 0 saturated carbocycles. The standard InChI is InChI=1S/C10H10OSe/c1-12-10(11)8-7-9-5-3-2-4-6-9/h2-8H,1H3/b8-7+. The number of carbonyl (C=O) groups excluding carboxylic acids is 1. The van der Waals surface area contributed by atoms with Crippen LogP contribution < -0.4 is 0 Å². The van der Waals surface area contributed by atoms with Gasteiger partial charge < -0.3 is 0 Å². The molecule has 0 aromatic heterocycles. The Balaban J connectivity index is 2.64. The first-order valence-corrected chi connectivity index (χ1v) is 6.21. The maximum atomic E-state index is 10.9. The second-order valence-corrected chi connectivity index (χ2v) is 3.97. The first kappa shape index (κ1) is 9.24. The van der Waals surface area contributed by atoms with Crippen LogP contribution in [-0.4, -0.2) is 19.6 Å². The summed E-state index contributed by atoms with van der Waals surface area (Å²) in [5.74, 6) is 1.92. The Morgan fingerprint density at radius 1 is 1.33 bits per heavy atom. The summed E-state index contributed by atoms with van der Waals surface area (Å²) in [4.78, 5) is 10.9. The molecule has 0 radical (unpaired) electrons. The van der Waals surface area contributed by atoms with E-state index in [1.54, 1.807) is 6.08 Å². The van der Waals surface area contributed by atoms with Gasteiger partial charge in [0.05, 0.1) is 0 Å². The molecule has 0 unspecified atom stereocenters.